The van der Waals surface area contributed by atoms with Crippen LogP contribution in [0, 0.1) is 16.0 Å². The molecule has 1 atom stereocenters. The van der Waals surface area contributed by atoms with Crippen LogP contribution in [0.3, 0.4) is 0 Å². The molecule has 0 spiro atoms. The second-order valence-electron chi connectivity index (χ2n) is 6.46. The van der Waals surface area contributed by atoms with Crippen LogP contribution in [0.5, 0.6) is 0 Å². The molecule has 5 heteroatoms. The van der Waals surface area contributed by atoms with E-state index in [0.717, 1.165) is 11.1 Å². The molecule has 27 heavy (non-hydrogen) atoms. The number of nitro benzene ring substituents is 1. The molecule has 0 N–H and O–H groups in total. The van der Waals surface area contributed by atoms with Crippen molar-refractivity contribution in [2.75, 3.05) is 0 Å². The van der Waals surface area contributed by atoms with Crippen molar-refractivity contribution in [3.8, 4) is 0 Å². The lowest BCUT2D eigenvalue weighted by atomic mass is 9.78. The van der Waals surface area contributed by atoms with Gasteiger partial charge in [0.15, 0.2) is 11.6 Å². The maximum absolute atomic E-state index is 13.2. The lowest BCUT2D eigenvalue weighted by Gasteiger charge is -2.22. The van der Waals surface area contributed by atoms with Gasteiger partial charge in [0.1, 0.15) is 5.56 Å². The summed E-state index contributed by atoms with van der Waals surface area (Å²) in [5.74, 6) is -2.36. The molecule has 0 saturated carbocycles. The average molecular weight is 357 g/mol. The van der Waals surface area contributed by atoms with Gasteiger partial charge < -0.3 is 0 Å². The molecule has 0 heterocycles. The molecule has 132 valence electrons. The third kappa shape index (κ3) is 2.73. The van der Waals surface area contributed by atoms with E-state index in [2.05, 4.69) is 0 Å². The van der Waals surface area contributed by atoms with E-state index in [4.69, 9.17) is 0 Å². The minimum Gasteiger partial charge on any atom is -0.293 e. The zero-order valence-electron chi connectivity index (χ0n) is 14.2. The molecular formula is C22H15NO4. The van der Waals surface area contributed by atoms with Crippen molar-refractivity contribution in [3.05, 3.63) is 111 Å². The third-order valence-corrected chi connectivity index (χ3v) is 4.97. The summed E-state index contributed by atoms with van der Waals surface area (Å²) in [7, 11) is 0. The van der Waals surface area contributed by atoms with E-state index in [0.29, 0.717) is 0 Å². The first-order chi connectivity index (χ1) is 13.1. The molecule has 1 unspecified atom stereocenters. The summed E-state index contributed by atoms with van der Waals surface area (Å²) >= 11 is 0. The summed E-state index contributed by atoms with van der Waals surface area (Å²) in [4.78, 5) is 37.1. The van der Waals surface area contributed by atoms with Crippen molar-refractivity contribution in [2.24, 2.45) is 5.92 Å². The van der Waals surface area contributed by atoms with Crippen LogP contribution in [0.25, 0.3) is 0 Å². The van der Waals surface area contributed by atoms with Crippen LogP contribution in [0.4, 0.5) is 5.69 Å². The highest BCUT2D eigenvalue weighted by atomic mass is 16.6. The molecular weight excluding hydrogens is 342 g/mol. The number of carbonyl (C=O) groups is 2. The number of nitro groups is 1. The number of fused-ring (bicyclic) bond motifs is 1. The normalized spacial score (nSPS) is 15.8. The van der Waals surface area contributed by atoms with Gasteiger partial charge >= 0.3 is 0 Å². The molecule has 1 aliphatic carbocycles. The van der Waals surface area contributed by atoms with Gasteiger partial charge in [-0.2, -0.15) is 0 Å². The van der Waals surface area contributed by atoms with E-state index >= 15 is 0 Å². The maximum Gasteiger partial charge on any atom is 0.280 e. The van der Waals surface area contributed by atoms with Crippen molar-refractivity contribution in [3.63, 3.8) is 0 Å². The summed E-state index contributed by atoms with van der Waals surface area (Å²) in [5, 5.41) is 11.4. The third-order valence-electron chi connectivity index (χ3n) is 4.97. The molecule has 0 amide bonds. The van der Waals surface area contributed by atoms with Gasteiger partial charge in [-0.1, -0.05) is 72.8 Å². The Bertz CT molecular complexity index is 1000. The Morgan fingerprint density at radius 2 is 1.30 bits per heavy atom. The van der Waals surface area contributed by atoms with E-state index < -0.39 is 22.5 Å². The fourth-order valence-corrected chi connectivity index (χ4v) is 3.80. The van der Waals surface area contributed by atoms with Crippen LogP contribution in [0.2, 0.25) is 0 Å². The minimum atomic E-state index is -1.01. The molecule has 1 aliphatic rings. The molecule has 0 aliphatic heterocycles. The van der Waals surface area contributed by atoms with Crippen LogP contribution in [0.15, 0.2) is 78.9 Å². The monoisotopic (exact) mass is 357 g/mol. The number of hydrogen-bond acceptors (Lipinski definition) is 4. The fourth-order valence-electron chi connectivity index (χ4n) is 3.80. The average Bonchev–Trinajstić information content (AvgIpc) is 2.95. The highest BCUT2D eigenvalue weighted by Crippen LogP contribution is 2.43. The Balaban J connectivity index is 1.90. The Morgan fingerprint density at radius 3 is 1.81 bits per heavy atom. The van der Waals surface area contributed by atoms with Crippen molar-refractivity contribution < 1.29 is 14.5 Å². The zero-order valence-corrected chi connectivity index (χ0v) is 14.2. The topological polar surface area (TPSA) is 77.3 Å². The first-order valence-electron chi connectivity index (χ1n) is 8.55. The first kappa shape index (κ1) is 16.8. The molecule has 0 bridgehead atoms. The van der Waals surface area contributed by atoms with Crippen molar-refractivity contribution in [2.45, 2.75) is 5.92 Å². The lowest BCUT2D eigenvalue weighted by Crippen LogP contribution is -2.25. The number of ketones is 2. The number of hydrogen-bond donors (Lipinski definition) is 0. The van der Waals surface area contributed by atoms with Gasteiger partial charge in [-0.15, -0.1) is 0 Å². The fraction of sp³-hybridized carbons (Fsp3) is 0.0909. The summed E-state index contributed by atoms with van der Waals surface area (Å²) in [6, 6.07) is 22.8. The van der Waals surface area contributed by atoms with Crippen molar-refractivity contribution >= 4 is 17.3 Å². The summed E-state index contributed by atoms with van der Waals surface area (Å²) < 4.78 is 0. The minimum absolute atomic E-state index is 0.0747. The predicted octanol–water partition coefficient (Wildman–Crippen LogP) is 4.42. The van der Waals surface area contributed by atoms with Crippen LogP contribution >= 0.6 is 0 Å². The van der Waals surface area contributed by atoms with Gasteiger partial charge in [0.25, 0.3) is 5.69 Å². The van der Waals surface area contributed by atoms with Gasteiger partial charge in [0, 0.05) is 17.5 Å². The molecule has 0 fully saturated rings. The van der Waals surface area contributed by atoms with Gasteiger partial charge in [-0.05, 0) is 11.1 Å². The van der Waals surface area contributed by atoms with Crippen LogP contribution in [-0.4, -0.2) is 16.5 Å². The molecule has 3 aromatic rings. The van der Waals surface area contributed by atoms with Gasteiger partial charge in [-0.25, -0.2) is 0 Å². The summed E-state index contributed by atoms with van der Waals surface area (Å²) in [6.07, 6.45) is 0. The number of Topliss-reactive ketones (excluding diaryl/α,β-unsaturated/α-hetero) is 2. The predicted molar refractivity (Wildman–Crippen MR) is 100.0 cm³/mol. The summed E-state index contributed by atoms with van der Waals surface area (Å²) in [5.41, 5.74) is 1.40. The van der Waals surface area contributed by atoms with Crippen molar-refractivity contribution in [1.82, 2.24) is 0 Å². The number of rotatable bonds is 4. The number of nitrogens with zero attached hydrogens (tertiary/aromatic N) is 1. The van der Waals surface area contributed by atoms with Gasteiger partial charge in [-0.3, -0.25) is 19.7 Å². The van der Waals surface area contributed by atoms with E-state index in [9.17, 15) is 19.7 Å². The summed E-state index contributed by atoms with van der Waals surface area (Å²) in [6.45, 7) is 0. The van der Waals surface area contributed by atoms with E-state index in [1.165, 1.54) is 18.2 Å². The van der Waals surface area contributed by atoms with Crippen LogP contribution < -0.4 is 0 Å². The van der Waals surface area contributed by atoms with E-state index in [-0.39, 0.29) is 22.6 Å². The Hall–Kier alpha value is -3.60. The SMILES string of the molecule is O=C1c2cccc([N+](=O)[O-])c2C(=O)C1C(c1ccccc1)c1ccccc1. The van der Waals surface area contributed by atoms with Crippen molar-refractivity contribution in [1.29, 1.82) is 0 Å². The molecule has 0 aromatic heterocycles. The largest absolute Gasteiger partial charge is 0.293 e. The number of carbonyl (C=O) groups excluding carboxylic acids is 2. The Morgan fingerprint density at radius 1 is 0.741 bits per heavy atom. The van der Waals surface area contributed by atoms with Gasteiger partial charge in [0.05, 0.1) is 10.8 Å². The highest BCUT2D eigenvalue weighted by molar-refractivity contribution is 6.28. The maximum atomic E-state index is 13.2. The first-order valence-corrected chi connectivity index (χ1v) is 8.55. The second kappa shape index (κ2) is 6.61. The van der Waals surface area contributed by atoms with Crippen LogP contribution in [-0.2, 0) is 0 Å². The highest BCUT2D eigenvalue weighted by Gasteiger charge is 2.47. The molecule has 3 aromatic carbocycles. The van der Waals surface area contributed by atoms with E-state index in [1.807, 2.05) is 60.7 Å². The molecule has 5 nitrogen and oxygen atoms in total. The van der Waals surface area contributed by atoms with E-state index in [1.54, 1.807) is 0 Å². The lowest BCUT2D eigenvalue weighted by molar-refractivity contribution is -0.385. The molecule has 0 radical (unpaired) electrons. The standard InChI is InChI=1S/C22H15NO4/c24-21-16-12-7-13-17(23(26)27)19(16)22(25)20(21)18(14-8-3-1-4-9-14)15-10-5-2-6-11-15/h1-13,18,20H. The Kier molecular flexibility index (Phi) is 4.12. The van der Waals surface area contributed by atoms with Crippen LogP contribution in [0.1, 0.15) is 37.8 Å². The quantitative estimate of drug-likeness (QED) is 0.393. The number of benzene rings is 3. The zero-order chi connectivity index (χ0) is 19.0. The Labute approximate surface area is 155 Å². The van der Waals surface area contributed by atoms with Gasteiger partial charge in [0.2, 0.25) is 0 Å². The molecule has 4 rings (SSSR count). The second-order valence-corrected chi connectivity index (χ2v) is 6.46. The molecule has 0 saturated heterocycles. The smallest absolute Gasteiger partial charge is 0.280 e.